The molecular formula is C88H150NO8P. The van der Waals surface area contributed by atoms with E-state index in [1.165, 1.54) is 173 Å². The van der Waals surface area contributed by atoms with Crippen LogP contribution in [0.4, 0.5) is 0 Å². The van der Waals surface area contributed by atoms with Crippen LogP contribution in [0.15, 0.2) is 158 Å². The van der Waals surface area contributed by atoms with E-state index in [-0.39, 0.29) is 32.0 Å². The maximum absolute atomic E-state index is 12.9. The van der Waals surface area contributed by atoms with Gasteiger partial charge in [-0.15, -0.1) is 0 Å². The van der Waals surface area contributed by atoms with E-state index in [1.54, 1.807) is 0 Å². The number of allylic oxidation sites excluding steroid dienone is 26. The van der Waals surface area contributed by atoms with E-state index < -0.39 is 26.5 Å². The topological polar surface area (TPSA) is 111 Å². The van der Waals surface area contributed by atoms with Crippen molar-refractivity contribution >= 4 is 19.8 Å². The second-order valence-electron chi connectivity index (χ2n) is 27.7. The Labute approximate surface area is 605 Å². The van der Waals surface area contributed by atoms with Crippen LogP contribution in [0.25, 0.3) is 0 Å². The maximum atomic E-state index is 12.9. The van der Waals surface area contributed by atoms with Gasteiger partial charge in [-0.2, -0.15) is 0 Å². The van der Waals surface area contributed by atoms with Gasteiger partial charge in [0, 0.05) is 12.8 Å². The molecule has 0 spiro atoms. The highest BCUT2D eigenvalue weighted by atomic mass is 31.2. The minimum Gasteiger partial charge on any atom is -0.756 e. The summed E-state index contributed by atoms with van der Waals surface area (Å²) in [5, 5.41) is 0. The molecule has 0 fully saturated rings. The SMILES string of the molecule is CC/C=C\C/C=C\C/C=C\C/C=C\C/C=C\C/C=C\C/C=C\C/C=C\C/C=C\C/C=C\C/C=C\CCCCCCCCCC(=O)OC(COC(=O)CCCCCCCCCCCCCCCCCCCCCCC/C=C\C/C=C\CCCCCCC)COP(=O)([O-])OCC[N+](C)(C)C. The van der Waals surface area contributed by atoms with Crippen molar-refractivity contribution in [1.29, 1.82) is 0 Å². The molecule has 2 atom stereocenters. The first-order valence-corrected chi connectivity index (χ1v) is 41.7. The molecule has 2 unspecified atom stereocenters. The van der Waals surface area contributed by atoms with E-state index in [1.807, 2.05) is 21.1 Å². The molecular weight excluding hydrogens is 1230 g/mol. The minimum absolute atomic E-state index is 0.0391. The summed E-state index contributed by atoms with van der Waals surface area (Å²) in [4.78, 5) is 38.2. The van der Waals surface area contributed by atoms with Gasteiger partial charge in [-0.3, -0.25) is 14.2 Å². The van der Waals surface area contributed by atoms with Crippen molar-refractivity contribution in [2.45, 2.75) is 341 Å². The molecule has 9 nitrogen and oxygen atoms in total. The van der Waals surface area contributed by atoms with Crippen LogP contribution in [0, 0.1) is 0 Å². The molecule has 0 bridgehead atoms. The Kier molecular flexibility index (Phi) is 73.4. The Morgan fingerprint density at radius 2 is 0.582 bits per heavy atom. The van der Waals surface area contributed by atoms with Gasteiger partial charge in [0.1, 0.15) is 19.8 Å². The lowest BCUT2D eigenvalue weighted by atomic mass is 10.0. The molecule has 560 valence electrons. The third kappa shape index (κ3) is 80.6. The minimum atomic E-state index is -4.66. The van der Waals surface area contributed by atoms with E-state index in [0.717, 1.165) is 128 Å². The van der Waals surface area contributed by atoms with Crippen molar-refractivity contribution in [3.05, 3.63) is 158 Å². The number of esters is 2. The number of carbonyl (C=O) groups excluding carboxylic acids is 2. The lowest BCUT2D eigenvalue weighted by molar-refractivity contribution is -0.870. The van der Waals surface area contributed by atoms with Crippen molar-refractivity contribution in [2.24, 2.45) is 0 Å². The van der Waals surface area contributed by atoms with Crippen LogP contribution in [0.5, 0.6) is 0 Å². The third-order valence-electron chi connectivity index (χ3n) is 17.0. The summed E-state index contributed by atoms with van der Waals surface area (Å²) < 4.78 is 34.4. The van der Waals surface area contributed by atoms with Crippen LogP contribution in [0.1, 0.15) is 335 Å². The zero-order valence-corrected chi connectivity index (χ0v) is 64.8. The summed E-state index contributed by atoms with van der Waals surface area (Å²) in [5.74, 6) is -0.843. The van der Waals surface area contributed by atoms with Crippen LogP contribution in [0.3, 0.4) is 0 Å². The molecule has 0 radical (unpaired) electrons. The number of nitrogens with zero attached hydrogens (tertiary/aromatic N) is 1. The second kappa shape index (κ2) is 76.8. The highest BCUT2D eigenvalue weighted by molar-refractivity contribution is 7.45. The van der Waals surface area contributed by atoms with Crippen molar-refractivity contribution in [3.63, 3.8) is 0 Å². The smallest absolute Gasteiger partial charge is 0.306 e. The van der Waals surface area contributed by atoms with E-state index >= 15 is 0 Å². The summed E-state index contributed by atoms with van der Waals surface area (Å²) in [6, 6.07) is 0. The Morgan fingerprint density at radius 1 is 0.327 bits per heavy atom. The predicted molar refractivity (Wildman–Crippen MR) is 424 cm³/mol. The number of hydrogen-bond acceptors (Lipinski definition) is 8. The maximum Gasteiger partial charge on any atom is 0.306 e. The van der Waals surface area contributed by atoms with Crippen molar-refractivity contribution in [1.82, 2.24) is 0 Å². The molecule has 0 aromatic heterocycles. The summed E-state index contributed by atoms with van der Waals surface area (Å²) in [5.41, 5.74) is 0. The summed E-state index contributed by atoms with van der Waals surface area (Å²) in [6.07, 6.45) is 115. The number of phosphoric ester groups is 1. The van der Waals surface area contributed by atoms with Crippen LogP contribution >= 0.6 is 7.82 Å². The first-order chi connectivity index (χ1) is 48.0. The number of quaternary nitrogens is 1. The Morgan fingerprint density at radius 3 is 0.867 bits per heavy atom. The van der Waals surface area contributed by atoms with E-state index in [4.69, 9.17) is 18.5 Å². The Balaban J connectivity index is 4.06. The molecule has 0 saturated carbocycles. The molecule has 0 aromatic rings. The lowest BCUT2D eigenvalue weighted by Crippen LogP contribution is -2.37. The number of hydrogen-bond donors (Lipinski definition) is 0. The van der Waals surface area contributed by atoms with E-state index in [2.05, 4.69) is 172 Å². The predicted octanol–water partition coefficient (Wildman–Crippen LogP) is 26.4. The number of rotatable bonds is 73. The van der Waals surface area contributed by atoms with Crippen molar-refractivity contribution in [3.8, 4) is 0 Å². The fourth-order valence-electron chi connectivity index (χ4n) is 10.9. The quantitative estimate of drug-likeness (QED) is 0.0195. The summed E-state index contributed by atoms with van der Waals surface area (Å²) in [6.45, 7) is 4.12. The number of ether oxygens (including phenoxy) is 2. The highest BCUT2D eigenvalue weighted by Gasteiger charge is 2.22. The zero-order valence-electron chi connectivity index (χ0n) is 63.9. The molecule has 0 amide bonds. The molecule has 98 heavy (non-hydrogen) atoms. The zero-order chi connectivity index (χ0) is 71.1. The molecule has 0 N–H and O–H groups in total. The van der Waals surface area contributed by atoms with Gasteiger partial charge in [-0.05, 0) is 128 Å². The van der Waals surface area contributed by atoms with Gasteiger partial charge >= 0.3 is 11.9 Å². The molecule has 0 aliphatic rings. The van der Waals surface area contributed by atoms with E-state index in [9.17, 15) is 19.0 Å². The average Bonchev–Trinajstić information content (AvgIpc) is 1.08. The van der Waals surface area contributed by atoms with Crippen LogP contribution < -0.4 is 4.89 Å². The van der Waals surface area contributed by atoms with Gasteiger partial charge < -0.3 is 27.9 Å². The van der Waals surface area contributed by atoms with Gasteiger partial charge in [0.15, 0.2) is 6.10 Å². The van der Waals surface area contributed by atoms with Crippen LogP contribution in [-0.2, 0) is 32.7 Å². The Hall–Kier alpha value is -4.37. The van der Waals surface area contributed by atoms with Gasteiger partial charge in [0.05, 0.1) is 27.7 Å². The molecule has 0 rings (SSSR count). The molecule has 10 heteroatoms. The Bertz CT molecular complexity index is 2220. The molecule has 0 aliphatic heterocycles. The lowest BCUT2D eigenvalue weighted by Gasteiger charge is -2.28. The molecule has 0 heterocycles. The van der Waals surface area contributed by atoms with E-state index in [0.29, 0.717) is 17.4 Å². The summed E-state index contributed by atoms with van der Waals surface area (Å²) >= 11 is 0. The average molecular weight is 1380 g/mol. The summed E-state index contributed by atoms with van der Waals surface area (Å²) in [7, 11) is 1.15. The molecule has 0 saturated heterocycles. The second-order valence-corrected chi connectivity index (χ2v) is 29.1. The largest absolute Gasteiger partial charge is 0.756 e. The number of carbonyl (C=O) groups is 2. The van der Waals surface area contributed by atoms with Gasteiger partial charge in [0.2, 0.25) is 0 Å². The fourth-order valence-corrected chi connectivity index (χ4v) is 11.7. The first-order valence-electron chi connectivity index (χ1n) is 40.2. The van der Waals surface area contributed by atoms with Gasteiger partial charge in [0.25, 0.3) is 7.82 Å². The number of phosphoric acid groups is 1. The first kappa shape index (κ1) is 93.6. The fraction of sp³-hybridized carbons (Fsp3) is 0.682. The normalized spacial score (nSPS) is 13.9. The standard InChI is InChI=1S/C88H150NO8P/c1-6-8-10-12-14-16-18-20-22-24-26-28-30-32-34-36-38-40-41-42-43-44-45-46-47-49-51-53-55-57-59-61-63-65-67-69-71-73-75-77-79-81-88(91)97-86(85-96-98(92,93)95-83-82-89(3,4)5)84-94-87(90)80-78-76-74-72-70-68-66-64-62-60-58-56-54-52-50-48-39-37-35-33-31-29-27-25-23-21-19-17-15-13-11-9-7-2/h8,10,14,16,19-22,25-28,32,34,38,40,42-43,45-46,49,51,55,57,61,63,86H,6-7,9,11-13,15,17-18,23-24,29-31,33,35-37,39,41,44,47-48,50,52-54,56,58-60,62,64-85H2,1-5H3/b10-8-,16-14-,21-19-,22-20-,27-25-,28-26-,34-32-,40-38-,43-42-,46-45-,51-49-,57-55-,63-61-. The monoisotopic (exact) mass is 1380 g/mol. The highest BCUT2D eigenvalue weighted by Crippen LogP contribution is 2.38. The van der Waals surface area contributed by atoms with Crippen LogP contribution in [0.2, 0.25) is 0 Å². The van der Waals surface area contributed by atoms with Crippen LogP contribution in [-0.4, -0.2) is 70.0 Å². The number of unbranched alkanes of at least 4 members (excludes halogenated alkanes) is 33. The van der Waals surface area contributed by atoms with Crippen molar-refractivity contribution in [2.75, 3.05) is 47.5 Å². The number of likely N-dealkylation sites (N-methyl/N-ethyl adjacent to an activating group) is 1. The molecule has 0 aromatic carbocycles. The molecule has 0 aliphatic carbocycles. The van der Waals surface area contributed by atoms with Gasteiger partial charge in [-0.25, -0.2) is 0 Å². The van der Waals surface area contributed by atoms with Crippen molar-refractivity contribution < 1.29 is 42.1 Å². The van der Waals surface area contributed by atoms with Gasteiger partial charge in [-0.1, -0.05) is 352 Å². The third-order valence-corrected chi connectivity index (χ3v) is 18.0.